The molecule has 1 atom stereocenters. The van der Waals surface area contributed by atoms with Crippen molar-refractivity contribution < 1.29 is 18.7 Å². The van der Waals surface area contributed by atoms with Crippen molar-refractivity contribution in [2.45, 2.75) is 58.1 Å². The maximum atomic E-state index is 12.5. The van der Waals surface area contributed by atoms with Gasteiger partial charge < -0.3 is 19.0 Å². The number of furan rings is 1. The fourth-order valence-electron chi connectivity index (χ4n) is 3.31. The van der Waals surface area contributed by atoms with Gasteiger partial charge >= 0.3 is 5.97 Å². The standard InChI is InChI=1S/C18H24N2O4/c1-4-15(17(21)19-12-7-5-6-8-12)24-18(22)14-10-16-13(20(14)3)9-11(2)23-16/h9-10,12,15H,4-8H2,1-3H3,(H,19,21). The van der Waals surface area contributed by atoms with E-state index >= 15 is 0 Å². The van der Waals surface area contributed by atoms with Crippen LogP contribution in [-0.2, 0) is 16.6 Å². The minimum absolute atomic E-state index is 0.202. The molecule has 2 aromatic rings. The Morgan fingerprint density at radius 1 is 1.38 bits per heavy atom. The maximum Gasteiger partial charge on any atom is 0.355 e. The lowest BCUT2D eigenvalue weighted by Crippen LogP contribution is -2.42. The summed E-state index contributed by atoms with van der Waals surface area (Å²) in [6.45, 7) is 3.70. The van der Waals surface area contributed by atoms with Gasteiger partial charge in [0.25, 0.3) is 5.91 Å². The third kappa shape index (κ3) is 3.18. The van der Waals surface area contributed by atoms with E-state index in [2.05, 4.69) is 5.32 Å². The molecule has 2 heterocycles. The average molecular weight is 332 g/mol. The summed E-state index contributed by atoms with van der Waals surface area (Å²) in [7, 11) is 1.79. The zero-order valence-corrected chi connectivity index (χ0v) is 14.4. The normalized spacial score (nSPS) is 16.5. The van der Waals surface area contributed by atoms with Gasteiger partial charge in [-0.3, -0.25) is 4.79 Å². The van der Waals surface area contributed by atoms with Crippen molar-refractivity contribution in [3.8, 4) is 0 Å². The van der Waals surface area contributed by atoms with Gasteiger partial charge in [0, 0.05) is 25.2 Å². The van der Waals surface area contributed by atoms with E-state index in [0.717, 1.165) is 37.0 Å². The molecule has 1 amide bonds. The second-order valence-corrected chi connectivity index (χ2v) is 6.49. The van der Waals surface area contributed by atoms with Crippen LogP contribution in [0.1, 0.15) is 55.3 Å². The fourth-order valence-corrected chi connectivity index (χ4v) is 3.31. The Balaban J connectivity index is 1.69. The summed E-state index contributed by atoms with van der Waals surface area (Å²) in [5, 5.41) is 2.99. The molecule has 1 saturated carbocycles. The first kappa shape index (κ1) is 16.6. The van der Waals surface area contributed by atoms with E-state index in [4.69, 9.17) is 9.15 Å². The van der Waals surface area contributed by atoms with Gasteiger partial charge in [-0.25, -0.2) is 4.79 Å². The van der Waals surface area contributed by atoms with E-state index in [1.54, 1.807) is 17.7 Å². The number of esters is 1. The third-order valence-corrected chi connectivity index (χ3v) is 4.68. The molecule has 0 saturated heterocycles. The number of hydrogen-bond acceptors (Lipinski definition) is 4. The molecule has 1 unspecified atom stereocenters. The van der Waals surface area contributed by atoms with Crippen molar-refractivity contribution in [1.29, 1.82) is 0 Å². The van der Waals surface area contributed by atoms with Crippen LogP contribution in [-0.4, -0.2) is 28.6 Å². The Labute approximate surface area is 141 Å². The van der Waals surface area contributed by atoms with Gasteiger partial charge in [-0.2, -0.15) is 0 Å². The highest BCUT2D eigenvalue weighted by Crippen LogP contribution is 2.23. The maximum absolute atomic E-state index is 12.5. The van der Waals surface area contributed by atoms with Gasteiger partial charge in [0.05, 0.1) is 5.52 Å². The van der Waals surface area contributed by atoms with Crippen LogP contribution in [0.25, 0.3) is 11.1 Å². The van der Waals surface area contributed by atoms with Crippen molar-refractivity contribution >= 4 is 23.0 Å². The molecular formula is C18H24N2O4. The van der Waals surface area contributed by atoms with Gasteiger partial charge in [0.15, 0.2) is 11.7 Å². The highest BCUT2D eigenvalue weighted by atomic mass is 16.5. The Morgan fingerprint density at radius 2 is 2.08 bits per heavy atom. The van der Waals surface area contributed by atoms with Crippen LogP contribution < -0.4 is 5.32 Å². The Hall–Kier alpha value is -2.24. The number of hydrogen-bond donors (Lipinski definition) is 1. The topological polar surface area (TPSA) is 73.5 Å². The molecule has 3 rings (SSSR count). The van der Waals surface area contributed by atoms with Crippen LogP contribution in [0.3, 0.4) is 0 Å². The number of carbonyl (C=O) groups excluding carboxylic acids is 2. The van der Waals surface area contributed by atoms with E-state index in [1.165, 1.54) is 0 Å². The van der Waals surface area contributed by atoms with Gasteiger partial charge in [-0.1, -0.05) is 19.8 Å². The molecular weight excluding hydrogens is 308 g/mol. The predicted molar refractivity (Wildman–Crippen MR) is 89.8 cm³/mol. The van der Waals surface area contributed by atoms with Crippen molar-refractivity contribution in [2.75, 3.05) is 0 Å². The summed E-state index contributed by atoms with van der Waals surface area (Å²) in [6.07, 6.45) is 3.98. The van der Waals surface area contributed by atoms with Crippen LogP contribution in [0, 0.1) is 6.92 Å². The van der Waals surface area contributed by atoms with Crippen LogP contribution in [0.2, 0.25) is 0 Å². The second-order valence-electron chi connectivity index (χ2n) is 6.49. The zero-order chi connectivity index (χ0) is 17.3. The molecule has 0 radical (unpaired) electrons. The van der Waals surface area contributed by atoms with Gasteiger partial charge in [0.1, 0.15) is 11.5 Å². The number of ether oxygens (including phenoxy) is 1. The molecule has 0 bridgehead atoms. The molecule has 1 aliphatic carbocycles. The largest absolute Gasteiger partial charge is 0.460 e. The van der Waals surface area contributed by atoms with E-state index in [-0.39, 0.29) is 11.9 Å². The Kier molecular flexibility index (Phi) is 4.64. The lowest BCUT2D eigenvalue weighted by molar-refractivity contribution is -0.130. The first-order valence-corrected chi connectivity index (χ1v) is 8.56. The fraction of sp³-hybridized carbons (Fsp3) is 0.556. The van der Waals surface area contributed by atoms with Gasteiger partial charge in [-0.15, -0.1) is 0 Å². The zero-order valence-electron chi connectivity index (χ0n) is 14.4. The summed E-state index contributed by atoms with van der Waals surface area (Å²) >= 11 is 0. The number of amides is 1. The van der Waals surface area contributed by atoms with Crippen LogP contribution >= 0.6 is 0 Å². The summed E-state index contributed by atoms with van der Waals surface area (Å²) in [5.74, 6) is 0.0827. The van der Waals surface area contributed by atoms with Crippen molar-refractivity contribution in [2.24, 2.45) is 7.05 Å². The molecule has 0 spiro atoms. The van der Waals surface area contributed by atoms with Crippen molar-refractivity contribution in [3.05, 3.63) is 23.6 Å². The number of nitrogens with one attached hydrogen (secondary N) is 1. The first-order valence-electron chi connectivity index (χ1n) is 8.56. The van der Waals surface area contributed by atoms with Crippen molar-refractivity contribution in [3.63, 3.8) is 0 Å². The minimum Gasteiger partial charge on any atom is -0.460 e. The molecule has 2 aromatic heterocycles. The van der Waals surface area contributed by atoms with Gasteiger partial charge in [0.2, 0.25) is 0 Å². The SMILES string of the molecule is CCC(OC(=O)c1cc2oc(C)cc2n1C)C(=O)NC1CCCC1. The highest BCUT2D eigenvalue weighted by molar-refractivity contribution is 5.95. The summed E-state index contributed by atoms with van der Waals surface area (Å²) < 4.78 is 12.7. The smallest absolute Gasteiger partial charge is 0.355 e. The molecule has 0 aliphatic heterocycles. The van der Waals surface area contributed by atoms with Crippen LogP contribution in [0.15, 0.2) is 16.5 Å². The third-order valence-electron chi connectivity index (χ3n) is 4.68. The molecule has 6 heteroatoms. The van der Waals surface area contributed by atoms with Crippen molar-refractivity contribution in [1.82, 2.24) is 9.88 Å². The summed E-state index contributed by atoms with van der Waals surface area (Å²) in [5.41, 5.74) is 1.86. The van der Waals surface area contributed by atoms with E-state index in [1.807, 2.05) is 19.9 Å². The van der Waals surface area contributed by atoms with Crippen LogP contribution in [0.4, 0.5) is 0 Å². The minimum atomic E-state index is -0.763. The highest BCUT2D eigenvalue weighted by Gasteiger charge is 2.27. The van der Waals surface area contributed by atoms with E-state index in [9.17, 15) is 9.59 Å². The lowest BCUT2D eigenvalue weighted by atomic mass is 10.2. The number of nitrogens with zero attached hydrogens (tertiary/aromatic N) is 1. The van der Waals surface area contributed by atoms with Gasteiger partial charge in [-0.05, 0) is 26.2 Å². The average Bonchev–Trinajstić information content (AvgIpc) is 3.23. The summed E-state index contributed by atoms with van der Waals surface area (Å²) in [4.78, 5) is 24.8. The number of aromatic nitrogens is 1. The number of fused-ring (bicyclic) bond motifs is 1. The molecule has 130 valence electrons. The molecule has 0 aromatic carbocycles. The quantitative estimate of drug-likeness (QED) is 0.854. The molecule has 1 N–H and O–H groups in total. The summed E-state index contributed by atoms with van der Waals surface area (Å²) in [6, 6.07) is 3.74. The molecule has 1 aliphatic rings. The Morgan fingerprint density at radius 3 is 2.71 bits per heavy atom. The number of rotatable bonds is 5. The monoisotopic (exact) mass is 332 g/mol. The Bertz CT molecular complexity index is 752. The second kappa shape index (κ2) is 6.71. The first-order chi connectivity index (χ1) is 11.5. The predicted octanol–water partition coefficient (Wildman–Crippen LogP) is 3.07. The lowest BCUT2D eigenvalue weighted by Gasteiger charge is -2.19. The molecule has 24 heavy (non-hydrogen) atoms. The van der Waals surface area contributed by atoms with E-state index < -0.39 is 12.1 Å². The van der Waals surface area contributed by atoms with E-state index in [0.29, 0.717) is 17.7 Å². The molecule has 1 fully saturated rings. The van der Waals surface area contributed by atoms with Crippen LogP contribution in [0.5, 0.6) is 0 Å². The number of aryl methyl sites for hydroxylation is 2. The number of carbonyl (C=O) groups is 2. The molecule has 6 nitrogen and oxygen atoms in total.